The predicted octanol–water partition coefficient (Wildman–Crippen LogP) is 1.71. The van der Waals surface area contributed by atoms with Crippen molar-refractivity contribution in [2.75, 3.05) is 6.54 Å². The highest BCUT2D eigenvalue weighted by Crippen LogP contribution is 2.24. The molecule has 0 unspecified atom stereocenters. The van der Waals surface area contributed by atoms with Gasteiger partial charge in [0.05, 0.1) is 11.9 Å². The molecule has 3 rings (SSSR count). The number of aryl methyl sites for hydroxylation is 3. The van der Waals surface area contributed by atoms with Crippen LogP contribution in [0.2, 0.25) is 0 Å². The van der Waals surface area contributed by atoms with Gasteiger partial charge in [0.25, 0.3) is 5.91 Å². The fourth-order valence-corrected chi connectivity index (χ4v) is 3.29. The fourth-order valence-electron chi connectivity index (χ4n) is 2.48. The Morgan fingerprint density at radius 1 is 1.43 bits per heavy atom. The lowest BCUT2D eigenvalue weighted by molar-refractivity contribution is 0.0944. The predicted molar refractivity (Wildman–Crippen MR) is 87.5 cm³/mol. The highest BCUT2D eigenvalue weighted by molar-refractivity contribution is 7.10. The Labute approximate surface area is 137 Å². The van der Waals surface area contributed by atoms with Gasteiger partial charge in [0, 0.05) is 24.2 Å². The van der Waals surface area contributed by atoms with Gasteiger partial charge in [-0.3, -0.25) is 14.2 Å². The van der Waals surface area contributed by atoms with Crippen LogP contribution in [0.4, 0.5) is 0 Å². The summed E-state index contributed by atoms with van der Waals surface area (Å²) in [7, 11) is 1.73. The number of aromatic nitrogens is 5. The van der Waals surface area contributed by atoms with Gasteiger partial charge in [-0.15, -0.1) is 16.4 Å². The van der Waals surface area contributed by atoms with E-state index in [9.17, 15) is 4.79 Å². The van der Waals surface area contributed by atoms with Crippen LogP contribution in [-0.4, -0.2) is 37.2 Å². The van der Waals surface area contributed by atoms with Gasteiger partial charge in [-0.2, -0.15) is 5.10 Å². The highest BCUT2D eigenvalue weighted by atomic mass is 32.1. The molecule has 23 heavy (non-hydrogen) atoms. The van der Waals surface area contributed by atoms with Crippen molar-refractivity contribution in [3.05, 3.63) is 51.7 Å². The molecular weight excluding hydrogens is 312 g/mol. The summed E-state index contributed by atoms with van der Waals surface area (Å²) in [5, 5.41) is 17.1. The monoisotopic (exact) mass is 330 g/mol. The van der Waals surface area contributed by atoms with E-state index in [-0.39, 0.29) is 11.9 Å². The largest absolute Gasteiger partial charge is 0.348 e. The maximum Gasteiger partial charge on any atom is 0.273 e. The van der Waals surface area contributed by atoms with Crippen molar-refractivity contribution in [2.45, 2.75) is 19.9 Å². The first kappa shape index (κ1) is 15.4. The molecule has 7 nitrogen and oxygen atoms in total. The first-order valence-corrected chi connectivity index (χ1v) is 8.13. The summed E-state index contributed by atoms with van der Waals surface area (Å²) in [6.45, 7) is 4.43. The molecule has 1 atom stereocenters. The van der Waals surface area contributed by atoms with Crippen molar-refractivity contribution in [1.29, 1.82) is 0 Å². The number of nitrogens with one attached hydrogen (secondary N) is 1. The molecule has 0 aliphatic carbocycles. The van der Waals surface area contributed by atoms with Crippen LogP contribution in [0.3, 0.4) is 0 Å². The molecule has 8 heteroatoms. The van der Waals surface area contributed by atoms with Crippen molar-refractivity contribution in [2.24, 2.45) is 7.05 Å². The minimum atomic E-state index is -0.235. The molecule has 0 saturated heterocycles. The number of hydrogen-bond donors (Lipinski definition) is 1. The summed E-state index contributed by atoms with van der Waals surface area (Å²) in [5.74, 6) is -0.235. The minimum absolute atomic E-state index is 0.0377. The van der Waals surface area contributed by atoms with Crippen LogP contribution in [0.25, 0.3) is 0 Å². The van der Waals surface area contributed by atoms with Gasteiger partial charge < -0.3 is 5.32 Å². The van der Waals surface area contributed by atoms with Crippen molar-refractivity contribution in [1.82, 2.24) is 30.1 Å². The zero-order chi connectivity index (χ0) is 16.4. The average molecular weight is 330 g/mol. The highest BCUT2D eigenvalue weighted by Gasteiger charge is 2.20. The van der Waals surface area contributed by atoms with E-state index in [0.29, 0.717) is 12.2 Å². The third kappa shape index (κ3) is 3.31. The van der Waals surface area contributed by atoms with Gasteiger partial charge in [-0.1, -0.05) is 11.3 Å². The van der Waals surface area contributed by atoms with Crippen LogP contribution in [0.5, 0.6) is 0 Å². The normalized spacial score (nSPS) is 12.3. The number of amides is 1. The first-order valence-electron chi connectivity index (χ1n) is 7.25. The molecule has 0 aliphatic heterocycles. The summed E-state index contributed by atoms with van der Waals surface area (Å²) < 4.78 is 3.46. The summed E-state index contributed by atoms with van der Waals surface area (Å²) >= 11 is 1.65. The standard InChI is InChI=1S/C15H18N6OS/c1-10-7-11(2)21(18-10)13(14-5-4-6-23-14)8-16-15(22)12-9-20(3)19-17-12/h4-7,9,13H,8H2,1-3H3,(H,16,22)/t13-/m0/s1. The number of carbonyl (C=O) groups is 1. The molecule has 1 amide bonds. The summed E-state index contributed by atoms with van der Waals surface area (Å²) in [4.78, 5) is 13.3. The Morgan fingerprint density at radius 3 is 2.83 bits per heavy atom. The Bertz CT molecular complexity index is 804. The van der Waals surface area contributed by atoms with Crippen molar-refractivity contribution in [3.8, 4) is 0 Å². The Morgan fingerprint density at radius 2 is 2.26 bits per heavy atom. The zero-order valence-electron chi connectivity index (χ0n) is 13.2. The first-order chi connectivity index (χ1) is 11.0. The molecule has 3 aromatic heterocycles. The second-order valence-corrected chi connectivity index (χ2v) is 6.37. The van der Waals surface area contributed by atoms with E-state index in [1.54, 1.807) is 24.6 Å². The molecule has 0 radical (unpaired) electrons. The molecule has 0 bridgehead atoms. The van der Waals surface area contributed by atoms with E-state index in [1.165, 1.54) is 4.68 Å². The van der Waals surface area contributed by atoms with E-state index in [4.69, 9.17) is 0 Å². The third-order valence-electron chi connectivity index (χ3n) is 3.50. The van der Waals surface area contributed by atoms with Crippen LogP contribution >= 0.6 is 11.3 Å². The van der Waals surface area contributed by atoms with E-state index in [0.717, 1.165) is 16.3 Å². The van der Waals surface area contributed by atoms with E-state index in [2.05, 4.69) is 26.8 Å². The molecular formula is C15H18N6OS. The third-order valence-corrected chi connectivity index (χ3v) is 4.48. The Hall–Kier alpha value is -2.48. The molecule has 0 aromatic carbocycles. The van der Waals surface area contributed by atoms with Gasteiger partial charge in [-0.25, -0.2) is 0 Å². The van der Waals surface area contributed by atoms with E-state index < -0.39 is 0 Å². The number of hydrogen-bond acceptors (Lipinski definition) is 5. The molecule has 3 heterocycles. The van der Waals surface area contributed by atoms with Crippen molar-refractivity contribution < 1.29 is 4.79 Å². The fraction of sp³-hybridized carbons (Fsp3) is 0.333. The van der Waals surface area contributed by atoms with Crippen LogP contribution < -0.4 is 5.32 Å². The van der Waals surface area contributed by atoms with E-state index >= 15 is 0 Å². The van der Waals surface area contributed by atoms with Crippen molar-refractivity contribution >= 4 is 17.2 Å². The van der Waals surface area contributed by atoms with E-state index in [1.807, 2.05) is 36.0 Å². The molecule has 120 valence electrons. The van der Waals surface area contributed by atoms with Gasteiger partial charge in [0.1, 0.15) is 6.04 Å². The Balaban J connectivity index is 1.80. The lowest BCUT2D eigenvalue weighted by atomic mass is 10.2. The summed E-state index contributed by atoms with van der Waals surface area (Å²) in [5.41, 5.74) is 2.34. The maximum atomic E-state index is 12.2. The van der Waals surface area contributed by atoms with Gasteiger partial charge >= 0.3 is 0 Å². The number of nitrogens with zero attached hydrogens (tertiary/aromatic N) is 5. The zero-order valence-corrected chi connectivity index (χ0v) is 14.0. The second kappa shape index (κ2) is 6.33. The van der Waals surface area contributed by atoms with Gasteiger partial charge in [-0.05, 0) is 31.4 Å². The second-order valence-electron chi connectivity index (χ2n) is 5.39. The minimum Gasteiger partial charge on any atom is -0.348 e. The number of carbonyl (C=O) groups excluding carboxylic acids is 1. The van der Waals surface area contributed by atoms with Crippen LogP contribution in [0.15, 0.2) is 29.8 Å². The summed E-state index contributed by atoms with van der Waals surface area (Å²) in [6.07, 6.45) is 1.60. The lowest BCUT2D eigenvalue weighted by Gasteiger charge is -2.18. The topological polar surface area (TPSA) is 77.6 Å². The average Bonchev–Trinajstić information content (AvgIpc) is 3.22. The maximum absolute atomic E-state index is 12.2. The Kier molecular flexibility index (Phi) is 4.24. The molecule has 3 aromatic rings. The molecule has 0 spiro atoms. The lowest BCUT2D eigenvalue weighted by Crippen LogP contribution is -2.32. The number of thiophene rings is 1. The van der Waals surface area contributed by atoms with Crippen LogP contribution in [-0.2, 0) is 7.05 Å². The summed E-state index contributed by atoms with van der Waals surface area (Å²) in [6, 6.07) is 6.05. The molecule has 1 N–H and O–H groups in total. The number of rotatable bonds is 5. The molecule has 0 fully saturated rings. The quantitative estimate of drug-likeness (QED) is 0.772. The van der Waals surface area contributed by atoms with Gasteiger partial charge in [0.2, 0.25) is 0 Å². The van der Waals surface area contributed by atoms with Crippen LogP contribution in [0.1, 0.15) is 32.8 Å². The van der Waals surface area contributed by atoms with Crippen molar-refractivity contribution in [3.63, 3.8) is 0 Å². The molecule has 0 aliphatic rings. The smallest absolute Gasteiger partial charge is 0.273 e. The van der Waals surface area contributed by atoms with Crippen LogP contribution in [0, 0.1) is 13.8 Å². The SMILES string of the molecule is Cc1cc(C)n([C@@H](CNC(=O)c2cn(C)nn2)c2cccs2)n1. The van der Waals surface area contributed by atoms with Gasteiger partial charge in [0.15, 0.2) is 5.69 Å². The molecule has 0 saturated carbocycles.